The average Bonchev–Trinajstić information content (AvgIpc) is 2.38. The van der Waals surface area contributed by atoms with Gasteiger partial charge in [0.1, 0.15) is 0 Å². The standard InChI is InChI=1S/C18H20Si/c1-13-14-9-5-6-10-15(14)16-11-7-8-12-17(16)18(13)19(2,3)4/h5-12H,1-4H3. The molecule has 0 fully saturated rings. The van der Waals surface area contributed by atoms with Crippen molar-refractivity contribution in [2.24, 2.45) is 0 Å². The topological polar surface area (TPSA) is 0 Å². The highest BCUT2D eigenvalue weighted by atomic mass is 28.3. The predicted molar refractivity (Wildman–Crippen MR) is 89.2 cm³/mol. The molecule has 1 heteroatoms. The van der Waals surface area contributed by atoms with Gasteiger partial charge < -0.3 is 0 Å². The van der Waals surface area contributed by atoms with Crippen molar-refractivity contribution in [1.82, 2.24) is 0 Å². The molecule has 0 saturated heterocycles. The second-order valence-corrected chi connectivity index (χ2v) is 11.3. The summed E-state index contributed by atoms with van der Waals surface area (Å²) in [6, 6.07) is 17.7. The molecule has 3 rings (SSSR count). The number of aryl methyl sites for hydroxylation is 1. The lowest BCUT2D eigenvalue weighted by atomic mass is 9.98. The zero-order chi connectivity index (χ0) is 13.6. The van der Waals surface area contributed by atoms with E-state index in [0.29, 0.717) is 0 Å². The van der Waals surface area contributed by atoms with E-state index >= 15 is 0 Å². The van der Waals surface area contributed by atoms with Crippen LogP contribution in [0.3, 0.4) is 0 Å². The summed E-state index contributed by atoms with van der Waals surface area (Å²) in [5, 5.41) is 7.28. The molecule has 0 nitrogen and oxygen atoms in total. The van der Waals surface area contributed by atoms with Crippen molar-refractivity contribution >= 4 is 34.8 Å². The van der Waals surface area contributed by atoms with Crippen molar-refractivity contribution < 1.29 is 0 Å². The van der Waals surface area contributed by atoms with E-state index in [4.69, 9.17) is 0 Å². The second-order valence-electron chi connectivity index (χ2n) is 6.34. The number of hydrogen-bond acceptors (Lipinski definition) is 0. The first-order valence-electron chi connectivity index (χ1n) is 6.90. The van der Waals surface area contributed by atoms with Crippen molar-refractivity contribution in [1.29, 1.82) is 0 Å². The molecule has 0 aliphatic carbocycles. The maximum absolute atomic E-state index is 2.44. The molecule has 0 aromatic heterocycles. The molecule has 0 spiro atoms. The maximum atomic E-state index is 2.44. The Hall–Kier alpha value is -1.60. The second kappa shape index (κ2) is 4.21. The molecule has 96 valence electrons. The molecule has 19 heavy (non-hydrogen) atoms. The van der Waals surface area contributed by atoms with Crippen LogP contribution in [0.1, 0.15) is 5.56 Å². The summed E-state index contributed by atoms with van der Waals surface area (Å²) in [5.74, 6) is 0. The normalized spacial score (nSPS) is 12.2. The van der Waals surface area contributed by atoms with Crippen LogP contribution >= 0.6 is 0 Å². The highest BCUT2D eigenvalue weighted by molar-refractivity contribution is 6.91. The number of fused-ring (bicyclic) bond motifs is 3. The van der Waals surface area contributed by atoms with Gasteiger partial charge in [-0.1, -0.05) is 68.2 Å². The fraction of sp³-hybridized carbons (Fsp3) is 0.222. The first-order valence-corrected chi connectivity index (χ1v) is 10.4. The third-order valence-electron chi connectivity index (χ3n) is 3.94. The number of rotatable bonds is 1. The zero-order valence-electron chi connectivity index (χ0n) is 12.1. The van der Waals surface area contributed by atoms with Crippen molar-refractivity contribution in [2.75, 3.05) is 0 Å². The molecule has 0 atom stereocenters. The average molecular weight is 264 g/mol. The summed E-state index contributed by atoms with van der Waals surface area (Å²) in [7, 11) is -1.36. The highest BCUT2D eigenvalue weighted by Gasteiger charge is 2.23. The zero-order valence-corrected chi connectivity index (χ0v) is 13.1. The molecule has 3 aromatic rings. The summed E-state index contributed by atoms with van der Waals surface area (Å²) in [4.78, 5) is 0. The lowest BCUT2D eigenvalue weighted by Gasteiger charge is -2.24. The molecule has 0 heterocycles. The molecule has 0 N–H and O–H groups in total. The lowest BCUT2D eigenvalue weighted by molar-refractivity contribution is 1.56. The van der Waals surface area contributed by atoms with Crippen molar-refractivity contribution in [3.05, 3.63) is 54.1 Å². The molecule has 0 unspecified atom stereocenters. The number of hydrogen-bond donors (Lipinski definition) is 0. The van der Waals surface area contributed by atoms with Crippen molar-refractivity contribution in [3.8, 4) is 0 Å². The molecule has 3 aromatic carbocycles. The minimum atomic E-state index is -1.36. The van der Waals surface area contributed by atoms with Crippen LogP contribution in [0.25, 0.3) is 21.5 Å². The van der Waals surface area contributed by atoms with E-state index in [0.717, 1.165) is 0 Å². The highest BCUT2D eigenvalue weighted by Crippen LogP contribution is 2.28. The van der Waals surface area contributed by atoms with E-state index in [1.54, 1.807) is 5.19 Å². The third-order valence-corrected chi connectivity index (χ3v) is 6.09. The van der Waals surface area contributed by atoms with E-state index in [2.05, 4.69) is 75.1 Å². The minimum Gasteiger partial charge on any atom is -0.0656 e. The molecule has 0 radical (unpaired) electrons. The van der Waals surface area contributed by atoms with Crippen LogP contribution in [0.15, 0.2) is 48.5 Å². The molecule has 0 saturated carbocycles. The van der Waals surface area contributed by atoms with Crippen molar-refractivity contribution in [2.45, 2.75) is 26.6 Å². The Kier molecular flexibility index (Phi) is 2.75. The maximum Gasteiger partial charge on any atom is 0.0787 e. The Morgan fingerprint density at radius 2 is 1.05 bits per heavy atom. The van der Waals surface area contributed by atoms with Crippen LogP contribution < -0.4 is 5.19 Å². The van der Waals surface area contributed by atoms with Gasteiger partial charge in [-0.2, -0.15) is 0 Å². The van der Waals surface area contributed by atoms with Gasteiger partial charge in [0.2, 0.25) is 0 Å². The summed E-state index contributed by atoms with van der Waals surface area (Å²) in [6.45, 7) is 9.62. The Labute approximate surface area is 116 Å². The molecule has 0 aliphatic heterocycles. The first kappa shape index (κ1) is 12.4. The van der Waals surface area contributed by atoms with E-state index in [-0.39, 0.29) is 0 Å². The van der Waals surface area contributed by atoms with Gasteiger partial charge in [0.15, 0.2) is 0 Å². The van der Waals surface area contributed by atoms with Gasteiger partial charge in [-0.25, -0.2) is 0 Å². The Morgan fingerprint density at radius 1 is 0.632 bits per heavy atom. The van der Waals surface area contributed by atoms with Gasteiger partial charge in [-0.05, 0) is 39.2 Å². The van der Waals surface area contributed by atoms with Gasteiger partial charge in [0.05, 0.1) is 8.07 Å². The fourth-order valence-corrected chi connectivity index (χ4v) is 5.57. The van der Waals surface area contributed by atoms with Crippen LogP contribution in [0.4, 0.5) is 0 Å². The molecular formula is C18H20Si. The van der Waals surface area contributed by atoms with Gasteiger partial charge in [-0.15, -0.1) is 0 Å². The quantitative estimate of drug-likeness (QED) is 0.435. The lowest BCUT2D eigenvalue weighted by Crippen LogP contribution is -2.40. The Bertz CT molecular complexity index is 764. The Morgan fingerprint density at radius 3 is 1.58 bits per heavy atom. The Balaban J connectivity index is 2.63. The first-order chi connectivity index (χ1) is 9.00. The van der Waals surface area contributed by atoms with Gasteiger partial charge in [0.25, 0.3) is 0 Å². The third kappa shape index (κ3) is 1.89. The van der Waals surface area contributed by atoms with E-state index in [9.17, 15) is 0 Å². The van der Waals surface area contributed by atoms with Crippen LogP contribution in [0.2, 0.25) is 19.6 Å². The molecule has 0 bridgehead atoms. The largest absolute Gasteiger partial charge is 0.0787 e. The number of benzene rings is 3. The summed E-state index contributed by atoms with van der Waals surface area (Å²) in [5.41, 5.74) is 1.48. The van der Waals surface area contributed by atoms with Gasteiger partial charge in [-0.3, -0.25) is 0 Å². The van der Waals surface area contributed by atoms with E-state index in [1.807, 2.05) is 0 Å². The van der Waals surface area contributed by atoms with Crippen molar-refractivity contribution in [3.63, 3.8) is 0 Å². The van der Waals surface area contributed by atoms with E-state index in [1.165, 1.54) is 27.1 Å². The van der Waals surface area contributed by atoms with Crippen LogP contribution in [-0.2, 0) is 0 Å². The molecule has 0 aliphatic rings. The van der Waals surface area contributed by atoms with Crippen LogP contribution in [0, 0.1) is 6.92 Å². The fourth-order valence-electron chi connectivity index (χ4n) is 3.28. The summed E-state index contributed by atoms with van der Waals surface area (Å²) in [6.07, 6.45) is 0. The monoisotopic (exact) mass is 264 g/mol. The van der Waals surface area contributed by atoms with Crippen LogP contribution in [0.5, 0.6) is 0 Å². The van der Waals surface area contributed by atoms with Gasteiger partial charge in [0, 0.05) is 0 Å². The SMILES string of the molecule is Cc1c([Si](C)(C)C)c2ccccc2c2ccccc12. The summed E-state index contributed by atoms with van der Waals surface area (Å²) < 4.78 is 0. The predicted octanol–water partition coefficient (Wildman–Crippen LogP) is 4.85. The minimum absolute atomic E-state index is 1.36. The van der Waals surface area contributed by atoms with Gasteiger partial charge >= 0.3 is 0 Å². The molecular weight excluding hydrogens is 244 g/mol. The summed E-state index contributed by atoms with van der Waals surface area (Å²) >= 11 is 0. The molecule has 0 amide bonds. The van der Waals surface area contributed by atoms with Crippen LogP contribution in [-0.4, -0.2) is 8.07 Å². The van der Waals surface area contributed by atoms with E-state index < -0.39 is 8.07 Å². The smallest absolute Gasteiger partial charge is 0.0656 e.